The van der Waals surface area contributed by atoms with Gasteiger partial charge in [-0.05, 0) is 31.7 Å². The molecular weight excluding hydrogens is 270 g/mol. The fourth-order valence-electron chi connectivity index (χ4n) is 2.49. The predicted molar refractivity (Wildman–Crippen MR) is 74.8 cm³/mol. The zero-order valence-corrected chi connectivity index (χ0v) is 11.5. The van der Waals surface area contributed by atoms with Crippen molar-refractivity contribution in [1.29, 1.82) is 0 Å². The van der Waals surface area contributed by atoms with Crippen LogP contribution >= 0.6 is 0 Å². The van der Waals surface area contributed by atoms with Gasteiger partial charge in [0.05, 0.1) is 6.20 Å². The fraction of sp³-hybridized carbons (Fsp3) is 0.429. The summed E-state index contributed by atoms with van der Waals surface area (Å²) in [5.74, 6) is 0.452. The van der Waals surface area contributed by atoms with Gasteiger partial charge in [0.2, 0.25) is 5.88 Å². The Hall–Kier alpha value is -2.44. The van der Waals surface area contributed by atoms with Crippen molar-refractivity contribution in [3.63, 3.8) is 0 Å². The van der Waals surface area contributed by atoms with Crippen LogP contribution < -0.4 is 10.1 Å². The minimum absolute atomic E-state index is 0.106. The van der Waals surface area contributed by atoms with Crippen LogP contribution in [0.25, 0.3) is 0 Å². The van der Waals surface area contributed by atoms with Crippen LogP contribution in [0.3, 0.4) is 0 Å². The first-order chi connectivity index (χ1) is 10.3. The molecule has 2 aromatic heterocycles. The summed E-state index contributed by atoms with van der Waals surface area (Å²) in [4.78, 5) is 20.0. The average Bonchev–Trinajstić information content (AvgIpc) is 3.05. The molecule has 1 fully saturated rings. The van der Waals surface area contributed by atoms with Gasteiger partial charge < -0.3 is 10.1 Å². The monoisotopic (exact) mass is 287 g/mol. The van der Waals surface area contributed by atoms with Crippen molar-refractivity contribution in [2.75, 3.05) is 0 Å². The molecule has 7 nitrogen and oxygen atoms in total. The summed E-state index contributed by atoms with van der Waals surface area (Å²) in [5.41, 5.74) is 0.493. The largest absolute Gasteiger partial charge is 0.473 e. The summed E-state index contributed by atoms with van der Waals surface area (Å²) in [6.45, 7) is 0. The van der Waals surface area contributed by atoms with E-state index in [4.69, 9.17) is 4.74 Å². The smallest absolute Gasteiger partial charge is 0.269 e. The highest BCUT2D eigenvalue weighted by Gasteiger charge is 2.24. The van der Waals surface area contributed by atoms with E-state index in [1.54, 1.807) is 30.9 Å². The third-order valence-corrected chi connectivity index (χ3v) is 3.58. The molecule has 1 saturated carbocycles. The Morgan fingerprint density at radius 2 is 2.10 bits per heavy atom. The Balaban J connectivity index is 1.46. The zero-order chi connectivity index (χ0) is 14.5. The quantitative estimate of drug-likeness (QED) is 0.884. The Bertz CT molecular complexity index is 564. The first kappa shape index (κ1) is 13.5. The molecule has 0 aromatic carbocycles. The number of ether oxygens (including phenoxy) is 1. The van der Waals surface area contributed by atoms with Crippen molar-refractivity contribution < 1.29 is 9.53 Å². The van der Waals surface area contributed by atoms with Crippen molar-refractivity contribution in [3.05, 3.63) is 36.5 Å². The van der Waals surface area contributed by atoms with Crippen LogP contribution in [0, 0.1) is 0 Å². The first-order valence-electron chi connectivity index (χ1n) is 7.04. The van der Waals surface area contributed by atoms with Gasteiger partial charge in [-0.2, -0.15) is 5.10 Å². The third kappa shape index (κ3) is 3.56. The highest BCUT2D eigenvalue weighted by molar-refractivity contribution is 5.92. The van der Waals surface area contributed by atoms with Gasteiger partial charge in [0, 0.05) is 24.6 Å². The molecule has 0 radical (unpaired) electrons. The molecule has 0 unspecified atom stereocenters. The van der Waals surface area contributed by atoms with Crippen molar-refractivity contribution in [3.8, 4) is 5.88 Å². The van der Waals surface area contributed by atoms with E-state index in [9.17, 15) is 4.79 Å². The molecule has 2 heterocycles. The Morgan fingerprint density at radius 1 is 1.24 bits per heavy atom. The molecule has 110 valence electrons. The number of aromatic nitrogens is 4. The normalized spacial score (nSPS) is 21.7. The minimum Gasteiger partial charge on any atom is -0.473 e. The van der Waals surface area contributed by atoms with Gasteiger partial charge in [0.1, 0.15) is 11.8 Å². The second kappa shape index (κ2) is 6.34. The summed E-state index contributed by atoms with van der Waals surface area (Å²) in [6.07, 6.45) is 10.1. The maximum atomic E-state index is 11.9. The number of carbonyl (C=O) groups excluding carboxylic acids is 1. The molecule has 1 amide bonds. The van der Waals surface area contributed by atoms with Crippen molar-refractivity contribution in [1.82, 2.24) is 25.5 Å². The number of amides is 1. The molecule has 1 aliphatic carbocycles. The van der Waals surface area contributed by atoms with E-state index in [1.807, 2.05) is 0 Å². The maximum Gasteiger partial charge on any atom is 0.269 e. The lowest BCUT2D eigenvalue weighted by Crippen LogP contribution is -2.39. The molecule has 0 saturated heterocycles. The van der Waals surface area contributed by atoms with Gasteiger partial charge >= 0.3 is 0 Å². The SMILES string of the molecule is O=C(NC1CCC(Oc2cnccn2)CC1)c1ccn[nH]1. The van der Waals surface area contributed by atoms with Gasteiger partial charge in [-0.25, -0.2) is 4.98 Å². The van der Waals surface area contributed by atoms with Gasteiger partial charge in [-0.1, -0.05) is 0 Å². The number of hydrogen-bond donors (Lipinski definition) is 2. The molecule has 21 heavy (non-hydrogen) atoms. The molecular formula is C14H17N5O2. The second-order valence-electron chi connectivity index (χ2n) is 5.08. The number of aromatic amines is 1. The molecule has 0 atom stereocenters. The molecule has 1 aliphatic rings. The topological polar surface area (TPSA) is 92.8 Å². The molecule has 0 aliphatic heterocycles. The van der Waals surface area contributed by atoms with Crippen LogP contribution in [0.4, 0.5) is 0 Å². The van der Waals surface area contributed by atoms with Crippen molar-refractivity contribution in [2.24, 2.45) is 0 Å². The van der Waals surface area contributed by atoms with Crippen LogP contribution in [0.2, 0.25) is 0 Å². The summed E-state index contributed by atoms with van der Waals surface area (Å²) < 4.78 is 5.78. The van der Waals surface area contributed by atoms with Gasteiger partial charge in [0.15, 0.2) is 0 Å². The lowest BCUT2D eigenvalue weighted by Gasteiger charge is -2.28. The van der Waals surface area contributed by atoms with Gasteiger partial charge in [0.25, 0.3) is 5.91 Å². The number of hydrogen-bond acceptors (Lipinski definition) is 5. The van der Waals surface area contributed by atoms with E-state index in [1.165, 1.54) is 0 Å². The number of nitrogens with zero attached hydrogens (tertiary/aromatic N) is 3. The van der Waals surface area contributed by atoms with Crippen LogP contribution in [0.1, 0.15) is 36.2 Å². The first-order valence-corrected chi connectivity index (χ1v) is 7.04. The molecule has 2 aromatic rings. The van der Waals surface area contributed by atoms with E-state index >= 15 is 0 Å². The van der Waals surface area contributed by atoms with E-state index in [2.05, 4.69) is 25.5 Å². The van der Waals surface area contributed by atoms with E-state index in [0.717, 1.165) is 25.7 Å². The highest BCUT2D eigenvalue weighted by Crippen LogP contribution is 2.22. The van der Waals surface area contributed by atoms with Crippen LogP contribution in [-0.2, 0) is 0 Å². The average molecular weight is 287 g/mol. The number of H-pyrrole nitrogens is 1. The molecule has 3 rings (SSSR count). The summed E-state index contributed by atoms with van der Waals surface area (Å²) in [7, 11) is 0. The number of carbonyl (C=O) groups is 1. The highest BCUT2D eigenvalue weighted by atomic mass is 16.5. The zero-order valence-electron chi connectivity index (χ0n) is 11.5. The van der Waals surface area contributed by atoms with Crippen molar-refractivity contribution >= 4 is 5.91 Å². The minimum atomic E-state index is -0.106. The van der Waals surface area contributed by atoms with E-state index < -0.39 is 0 Å². The Morgan fingerprint density at radius 3 is 2.76 bits per heavy atom. The van der Waals surface area contributed by atoms with E-state index in [0.29, 0.717) is 11.6 Å². The standard InChI is InChI=1S/C14H17N5O2/c20-14(12-5-6-17-19-12)18-10-1-3-11(4-2-10)21-13-9-15-7-8-16-13/h5-11H,1-4H2,(H,17,19)(H,18,20). The van der Waals surface area contributed by atoms with E-state index in [-0.39, 0.29) is 18.1 Å². The van der Waals surface area contributed by atoms with Gasteiger partial charge in [-0.3, -0.25) is 14.9 Å². The number of nitrogens with one attached hydrogen (secondary N) is 2. The van der Waals surface area contributed by atoms with Crippen LogP contribution in [0.5, 0.6) is 5.88 Å². The van der Waals surface area contributed by atoms with Crippen LogP contribution in [0.15, 0.2) is 30.9 Å². The summed E-state index contributed by atoms with van der Waals surface area (Å²) in [5, 5.41) is 9.45. The predicted octanol–water partition coefficient (Wildman–Crippen LogP) is 1.32. The van der Waals surface area contributed by atoms with Crippen LogP contribution in [-0.4, -0.2) is 38.2 Å². The Kier molecular flexibility index (Phi) is 4.09. The number of rotatable bonds is 4. The molecule has 0 bridgehead atoms. The third-order valence-electron chi connectivity index (χ3n) is 3.58. The molecule has 7 heteroatoms. The Labute approximate surface area is 122 Å². The summed E-state index contributed by atoms with van der Waals surface area (Å²) >= 11 is 0. The second-order valence-corrected chi connectivity index (χ2v) is 5.08. The molecule has 0 spiro atoms. The van der Waals surface area contributed by atoms with Gasteiger partial charge in [-0.15, -0.1) is 0 Å². The summed E-state index contributed by atoms with van der Waals surface area (Å²) in [6, 6.07) is 1.85. The van der Waals surface area contributed by atoms with Crippen molar-refractivity contribution in [2.45, 2.75) is 37.8 Å². The lowest BCUT2D eigenvalue weighted by atomic mass is 9.93. The lowest BCUT2D eigenvalue weighted by molar-refractivity contribution is 0.0885. The molecule has 2 N–H and O–H groups in total. The maximum absolute atomic E-state index is 11.9. The fourth-order valence-corrected chi connectivity index (χ4v) is 2.49.